The summed E-state index contributed by atoms with van der Waals surface area (Å²) in [6.07, 6.45) is -4.06. The third kappa shape index (κ3) is 5.25. The van der Waals surface area contributed by atoms with Crippen LogP contribution in [0.4, 0.5) is 0 Å². The first kappa shape index (κ1) is 26.5. The molecular formula is C26H36O8. The zero-order valence-electron chi connectivity index (χ0n) is 20.5. The van der Waals surface area contributed by atoms with Crippen molar-refractivity contribution < 1.29 is 38.8 Å². The van der Waals surface area contributed by atoms with Crippen molar-refractivity contribution in [3.8, 4) is 0 Å². The summed E-state index contributed by atoms with van der Waals surface area (Å²) in [5.41, 5.74) is -2.36. The molecule has 2 aliphatic rings. The third-order valence-corrected chi connectivity index (χ3v) is 7.22. The quantitative estimate of drug-likeness (QED) is 0.636. The molecule has 2 aliphatic heterocycles. The Labute approximate surface area is 200 Å². The number of benzene rings is 1. The first-order valence-corrected chi connectivity index (χ1v) is 11.9. The molecule has 2 saturated heterocycles. The van der Waals surface area contributed by atoms with Crippen molar-refractivity contribution in [3.63, 3.8) is 0 Å². The molecule has 0 saturated carbocycles. The van der Waals surface area contributed by atoms with E-state index in [0.717, 1.165) is 5.56 Å². The Morgan fingerprint density at radius 1 is 1.12 bits per heavy atom. The normalized spacial score (nSPS) is 39.7. The summed E-state index contributed by atoms with van der Waals surface area (Å²) in [7, 11) is 0. The number of ether oxygens (including phenoxy) is 3. The monoisotopic (exact) mass is 476 g/mol. The number of aliphatic hydroxyl groups is 2. The van der Waals surface area contributed by atoms with E-state index in [2.05, 4.69) is 0 Å². The van der Waals surface area contributed by atoms with Crippen molar-refractivity contribution in [3.05, 3.63) is 35.9 Å². The molecule has 1 aromatic carbocycles. The fourth-order valence-corrected chi connectivity index (χ4v) is 4.90. The van der Waals surface area contributed by atoms with Crippen molar-refractivity contribution in [2.45, 2.75) is 96.1 Å². The second kappa shape index (κ2) is 10.2. The zero-order chi connectivity index (χ0) is 25.3. The van der Waals surface area contributed by atoms with Crippen LogP contribution in [0.25, 0.3) is 0 Å². The molecular weight excluding hydrogens is 440 g/mol. The maximum atomic E-state index is 13.3. The molecule has 3 rings (SSSR count). The smallest absolute Gasteiger partial charge is 0.311 e. The molecule has 8 nitrogen and oxygen atoms in total. The summed E-state index contributed by atoms with van der Waals surface area (Å²) < 4.78 is 17.6. The molecule has 8 atom stereocenters. The molecule has 0 spiro atoms. The lowest BCUT2D eigenvalue weighted by Crippen LogP contribution is -2.51. The Morgan fingerprint density at radius 2 is 1.76 bits per heavy atom. The van der Waals surface area contributed by atoms with Crippen LogP contribution in [-0.4, -0.2) is 63.4 Å². The Balaban J connectivity index is 1.96. The van der Waals surface area contributed by atoms with Gasteiger partial charge in [-0.25, -0.2) is 0 Å². The van der Waals surface area contributed by atoms with Gasteiger partial charge in [0, 0.05) is 6.42 Å². The fraction of sp³-hybridized carbons (Fsp3) is 0.654. The summed E-state index contributed by atoms with van der Waals surface area (Å²) in [5, 5.41) is 21.7. The average molecular weight is 477 g/mol. The van der Waals surface area contributed by atoms with Gasteiger partial charge >= 0.3 is 5.97 Å². The van der Waals surface area contributed by atoms with E-state index in [-0.39, 0.29) is 31.8 Å². The Hall–Kier alpha value is -2.13. The zero-order valence-corrected chi connectivity index (χ0v) is 20.5. The van der Waals surface area contributed by atoms with Crippen molar-refractivity contribution in [2.24, 2.45) is 11.8 Å². The van der Waals surface area contributed by atoms with E-state index in [1.807, 2.05) is 37.3 Å². The molecule has 0 aromatic heterocycles. The SMILES string of the molecule is CC[C@H]1OC(=O)[C@H](C)[C@H]2O[C@@](C)(C[C@@H](C)[C@H](OCc3ccccc3)CC(=O)[C@]1(C)O)C(=O)[C@@H]2O. The van der Waals surface area contributed by atoms with Gasteiger partial charge in [0.25, 0.3) is 0 Å². The molecule has 1 aromatic rings. The van der Waals surface area contributed by atoms with Gasteiger partial charge in [0.15, 0.2) is 17.2 Å². The second-order valence-electron chi connectivity index (χ2n) is 10.0. The highest BCUT2D eigenvalue weighted by Crippen LogP contribution is 2.39. The standard InChI is InChI=1S/C26H36O8/c1-6-20-26(5,31)19(27)12-18(32-14-17-10-8-7-9-11-17)15(2)13-25(4)23(29)21(28)22(34-25)16(3)24(30)33-20/h7-11,15-16,18,20-22,28,31H,6,12-14H2,1-5H3/t15-,16-,18-,20-,21-,22-,25+,26+/m1/s1. The van der Waals surface area contributed by atoms with Gasteiger partial charge in [0.1, 0.15) is 23.9 Å². The number of fused-ring (bicyclic) bond motifs is 2. The van der Waals surface area contributed by atoms with E-state index in [4.69, 9.17) is 14.2 Å². The van der Waals surface area contributed by atoms with Crippen LogP contribution in [0.5, 0.6) is 0 Å². The van der Waals surface area contributed by atoms with E-state index in [1.165, 1.54) is 13.8 Å². The second-order valence-corrected chi connectivity index (χ2v) is 10.0. The molecule has 0 amide bonds. The van der Waals surface area contributed by atoms with Crippen LogP contribution in [0.3, 0.4) is 0 Å². The Kier molecular flexibility index (Phi) is 7.97. The molecule has 0 aliphatic carbocycles. The van der Waals surface area contributed by atoms with Crippen LogP contribution in [0.1, 0.15) is 59.4 Å². The largest absolute Gasteiger partial charge is 0.459 e. The van der Waals surface area contributed by atoms with Gasteiger partial charge in [-0.3, -0.25) is 14.4 Å². The molecule has 2 heterocycles. The van der Waals surface area contributed by atoms with E-state index in [0.29, 0.717) is 0 Å². The van der Waals surface area contributed by atoms with Crippen LogP contribution < -0.4 is 0 Å². The van der Waals surface area contributed by atoms with Gasteiger partial charge in [-0.2, -0.15) is 0 Å². The van der Waals surface area contributed by atoms with Crippen molar-refractivity contribution in [1.82, 2.24) is 0 Å². The minimum atomic E-state index is -1.93. The Morgan fingerprint density at radius 3 is 2.38 bits per heavy atom. The molecule has 2 fully saturated rings. The summed E-state index contributed by atoms with van der Waals surface area (Å²) in [5.74, 6) is -3.07. The summed E-state index contributed by atoms with van der Waals surface area (Å²) in [6, 6.07) is 9.48. The van der Waals surface area contributed by atoms with E-state index in [1.54, 1.807) is 13.8 Å². The number of rotatable bonds is 4. The number of aliphatic hydroxyl groups excluding tert-OH is 1. The maximum absolute atomic E-state index is 13.3. The first-order chi connectivity index (χ1) is 15.9. The van der Waals surface area contributed by atoms with Crippen LogP contribution in [-0.2, 0) is 35.2 Å². The van der Waals surface area contributed by atoms with Gasteiger partial charge in [0.05, 0.1) is 18.6 Å². The number of carbonyl (C=O) groups excluding carboxylic acids is 3. The number of carbonyl (C=O) groups is 3. The highest BCUT2D eigenvalue weighted by molar-refractivity contribution is 5.94. The van der Waals surface area contributed by atoms with Gasteiger partial charge in [-0.05, 0) is 45.1 Å². The lowest BCUT2D eigenvalue weighted by molar-refractivity contribution is -0.179. The predicted molar refractivity (Wildman–Crippen MR) is 123 cm³/mol. The third-order valence-electron chi connectivity index (χ3n) is 7.22. The number of esters is 1. The van der Waals surface area contributed by atoms with E-state index in [9.17, 15) is 24.6 Å². The van der Waals surface area contributed by atoms with Crippen molar-refractivity contribution in [1.29, 1.82) is 0 Å². The number of hydrogen-bond acceptors (Lipinski definition) is 8. The Bertz CT molecular complexity index is 897. The number of ketones is 2. The van der Waals surface area contributed by atoms with E-state index >= 15 is 0 Å². The molecule has 2 bridgehead atoms. The molecule has 8 heteroatoms. The minimum Gasteiger partial charge on any atom is -0.459 e. The van der Waals surface area contributed by atoms with E-state index < -0.39 is 59.1 Å². The topological polar surface area (TPSA) is 119 Å². The molecule has 188 valence electrons. The summed E-state index contributed by atoms with van der Waals surface area (Å²) in [4.78, 5) is 39.1. The molecule has 0 unspecified atom stereocenters. The molecule has 2 N–H and O–H groups in total. The molecule has 34 heavy (non-hydrogen) atoms. The van der Waals surface area contributed by atoms with Gasteiger partial charge in [-0.1, -0.05) is 44.2 Å². The average Bonchev–Trinajstić information content (AvgIpc) is 3.03. The van der Waals surface area contributed by atoms with Crippen molar-refractivity contribution >= 4 is 17.5 Å². The maximum Gasteiger partial charge on any atom is 0.311 e. The summed E-state index contributed by atoms with van der Waals surface area (Å²) >= 11 is 0. The highest BCUT2D eigenvalue weighted by atomic mass is 16.6. The van der Waals surface area contributed by atoms with Gasteiger partial charge < -0.3 is 24.4 Å². The lowest BCUT2D eigenvalue weighted by atomic mass is 9.81. The van der Waals surface area contributed by atoms with Crippen LogP contribution >= 0.6 is 0 Å². The van der Waals surface area contributed by atoms with Crippen LogP contribution in [0.15, 0.2) is 30.3 Å². The first-order valence-electron chi connectivity index (χ1n) is 11.9. The minimum absolute atomic E-state index is 0.138. The van der Waals surface area contributed by atoms with Crippen LogP contribution in [0.2, 0.25) is 0 Å². The lowest BCUT2D eigenvalue weighted by Gasteiger charge is -2.34. The predicted octanol–water partition coefficient (Wildman–Crippen LogP) is 2.37. The molecule has 0 radical (unpaired) electrons. The van der Waals surface area contributed by atoms with Crippen LogP contribution in [0, 0.1) is 11.8 Å². The number of hydrogen-bond donors (Lipinski definition) is 2. The summed E-state index contributed by atoms with van der Waals surface area (Å²) in [6.45, 7) is 8.24. The van der Waals surface area contributed by atoms with Gasteiger partial charge in [-0.15, -0.1) is 0 Å². The van der Waals surface area contributed by atoms with Crippen molar-refractivity contribution in [2.75, 3.05) is 0 Å². The number of Topliss-reactive ketones (excluding diaryl/α,β-unsaturated/α-hetero) is 2. The number of cyclic esters (lactones) is 1. The highest BCUT2D eigenvalue weighted by Gasteiger charge is 2.55. The van der Waals surface area contributed by atoms with Gasteiger partial charge in [0.2, 0.25) is 0 Å². The fourth-order valence-electron chi connectivity index (χ4n) is 4.90.